The zero-order chi connectivity index (χ0) is 28.2. The molecule has 208 valence electrons. The number of rotatable bonds is 3. The number of carbonyl (C=O) groups is 2. The van der Waals surface area contributed by atoms with E-state index in [0.29, 0.717) is 15.7 Å². The molecular formula is C28H21Cl3N6O2S2. The van der Waals surface area contributed by atoms with E-state index >= 15 is 0 Å². The number of carbonyl (C=O) groups excluding carboxylic acids is 2. The Labute approximate surface area is 260 Å². The van der Waals surface area contributed by atoms with Gasteiger partial charge in [0.1, 0.15) is 6.54 Å². The van der Waals surface area contributed by atoms with Gasteiger partial charge in [0.15, 0.2) is 0 Å². The fourth-order valence-electron chi connectivity index (χ4n) is 4.25. The van der Waals surface area contributed by atoms with Crippen molar-refractivity contribution in [1.82, 2.24) is 0 Å². The average molecular weight is 644 g/mol. The number of nitrogens with zero attached hydrogens (tertiary/aromatic N) is 5. The number of anilines is 4. The van der Waals surface area contributed by atoms with Crippen LogP contribution in [0.2, 0.25) is 10.0 Å². The van der Waals surface area contributed by atoms with E-state index in [1.54, 1.807) is 51.5 Å². The summed E-state index contributed by atoms with van der Waals surface area (Å²) in [5, 5.41) is 4.52. The Balaban J connectivity index is 0.000000185. The Morgan fingerprint density at radius 3 is 1.63 bits per heavy atom. The molecule has 0 saturated carbocycles. The number of nitrogens with two attached hydrogens (primary N) is 1. The van der Waals surface area contributed by atoms with Crippen molar-refractivity contribution in [2.75, 3.05) is 22.9 Å². The lowest BCUT2D eigenvalue weighted by Gasteiger charge is -2.30. The van der Waals surface area contributed by atoms with E-state index in [1.165, 1.54) is 0 Å². The summed E-state index contributed by atoms with van der Waals surface area (Å²) in [5.41, 5.74) is 17.1. The van der Waals surface area contributed by atoms with Crippen LogP contribution in [0.25, 0.3) is 10.4 Å². The Kier molecular flexibility index (Phi) is 10.1. The molecule has 0 fully saturated rings. The molecule has 0 saturated heterocycles. The third-order valence-electron chi connectivity index (χ3n) is 5.92. The second-order valence-corrected chi connectivity index (χ2v) is 11.5. The highest BCUT2D eigenvalue weighted by Crippen LogP contribution is 2.50. The molecule has 6 rings (SSSR count). The number of hydrogen-bond acceptors (Lipinski definition) is 6. The van der Waals surface area contributed by atoms with Gasteiger partial charge < -0.3 is 5.73 Å². The zero-order valence-electron chi connectivity index (χ0n) is 21.1. The smallest absolute Gasteiger partial charge is 0.245 e. The van der Waals surface area contributed by atoms with E-state index in [9.17, 15) is 9.59 Å². The molecule has 8 nitrogen and oxygen atoms in total. The lowest BCUT2D eigenvalue weighted by molar-refractivity contribution is -0.117. The first-order valence-corrected chi connectivity index (χ1v) is 14.3. The highest BCUT2D eigenvalue weighted by Gasteiger charge is 2.28. The summed E-state index contributed by atoms with van der Waals surface area (Å²) < 4.78 is 0. The third kappa shape index (κ3) is 6.45. The minimum absolute atomic E-state index is 0. The van der Waals surface area contributed by atoms with Gasteiger partial charge in [0.2, 0.25) is 11.8 Å². The maximum atomic E-state index is 12.4. The first-order chi connectivity index (χ1) is 19.4. The largest absolute Gasteiger partial charge is 0.322 e. The molecule has 0 aliphatic carbocycles. The van der Waals surface area contributed by atoms with Gasteiger partial charge in [-0.05, 0) is 66.2 Å². The number of benzene rings is 4. The summed E-state index contributed by atoms with van der Waals surface area (Å²) in [4.78, 5) is 34.4. The van der Waals surface area contributed by atoms with Crippen LogP contribution in [0, 0.1) is 0 Å². The number of fused-ring (bicyclic) bond motifs is 4. The van der Waals surface area contributed by atoms with Gasteiger partial charge in [0.25, 0.3) is 0 Å². The molecular weight excluding hydrogens is 623 g/mol. The van der Waals surface area contributed by atoms with Crippen LogP contribution >= 0.6 is 59.1 Å². The van der Waals surface area contributed by atoms with Crippen LogP contribution in [0.4, 0.5) is 22.7 Å². The van der Waals surface area contributed by atoms with E-state index in [4.69, 9.17) is 34.5 Å². The number of para-hydroxylation sites is 2. The third-order valence-corrected chi connectivity index (χ3v) is 8.65. The molecule has 0 atom stereocenters. The van der Waals surface area contributed by atoms with Crippen LogP contribution in [0.5, 0.6) is 0 Å². The van der Waals surface area contributed by atoms with Gasteiger partial charge in [-0.25, -0.2) is 0 Å². The highest BCUT2D eigenvalue weighted by molar-refractivity contribution is 8.00. The molecule has 0 unspecified atom stereocenters. The molecule has 4 aromatic rings. The predicted molar refractivity (Wildman–Crippen MR) is 169 cm³/mol. The van der Waals surface area contributed by atoms with Crippen LogP contribution < -0.4 is 15.5 Å². The van der Waals surface area contributed by atoms with Crippen molar-refractivity contribution in [3.63, 3.8) is 0 Å². The van der Waals surface area contributed by atoms with Gasteiger partial charge in [0.05, 0.1) is 29.3 Å². The molecule has 0 aromatic heterocycles. The number of halogens is 3. The van der Waals surface area contributed by atoms with Gasteiger partial charge >= 0.3 is 0 Å². The SMILES string of the molecule is Cl.NCC(=O)N1c2ccccc2Sc2ccc(Cl)cc21.[N-]=[N+]=NCC(=O)N1c2ccccc2Sc2ccc(Cl)cc21. The van der Waals surface area contributed by atoms with Crippen molar-refractivity contribution in [1.29, 1.82) is 0 Å². The summed E-state index contributed by atoms with van der Waals surface area (Å²) in [6.45, 7) is -0.271. The summed E-state index contributed by atoms with van der Waals surface area (Å²) in [6, 6.07) is 26.3. The molecule has 2 heterocycles. The minimum Gasteiger partial charge on any atom is -0.322 e. The molecule has 4 aromatic carbocycles. The standard InChI is InChI=1S/C14H9ClN4OS.C14H11ClN2OS.ClH/c15-9-5-6-13-11(7-9)19(14(20)8-17-18-16)10-3-1-2-4-12(10)21-13;15-9-5-6-13-11(7-9)17(14(18)8-16)10-3-1-2-4-12(10)19-13;/h1-7H,8H2;1-7H,8,16H2;1H. The highest BCUT2D eigenvalue weighted by atomic mass is 35.5. The normalized spacial score (nSPS) is 12.2. The maximum absolute atomic E-state index is 12.4. The summed E-state index contributed by atoms with van der Waals surface area (Å²) in [6.07, 6.45) is 0. The molecule has 0 spiro atoms. The lowest BCUT2D eigenvalue weighted by atomic mass is 10.2. The van der Waals surface area contributed by atoms with Crippen LogP contribution in [0.3, 0.4) is 0 Å². The van der Waals surface area contributed by atoms with Gasteiger partial charge in [-0.15, -0.1) is 12.4 Å². The van der Waals surface area contributed by atoms with Gasteiger partial charge in [-0.3, -0.25) is 19.4 Å². The summed E-state index contributed by atoms with van der Waals surface area (Å²) in [7, 11) is 0. The maximum Gasteiger partial charge on any atom is 0.245 e. The minimum atomic E-state index is -0.288. The second-order valence-electron chi connectivity index (χ2n) is 8.42. The van der Waals surface area contributed by atoms with E-state index in [0.717, 1.165) is 36.6 Å². The van der Waals surface area contributed by atoms with E-state index in [2.05, 4.69) is 10.0 Å². The van der Waals surface area contributed by atoms with Crippen molar-refractivity contribution in [2.45, 2.75) is 19.6 Å². The van der Waals surface area contributed by atoms with Gasteiger partial charge in [-0.2, -0.15) is 0 Å². The van der Waals surface area contributed by atoms with Crippen LogP contribution in [0.15, 0.2) is 110 Å². The quantitative estimate of drug-likeness (QED) is 0.136. The van der Waals surface area contributed by atoms with E-state index in [1.807, 2.05) is 66.7 Å². The van der Waals surface area contributed by atoms with E-state index < -0.39 is 0 Å². The van der Waals surface area contributed by atoms with Crippen molar-refractivity contribution in [3.05, 3.63) is 105 Å². The van der Waals surface area contributed by atoms with Crippen LogP contribution in [-0.2, 0) is 9.59 Å². The van der Waals surface area contributed by atoms with Crippen LogP contribution in [0.1, 0.15) is 0 Å². The first kappa shape index (κ1) is 30.6. The fourth-order valence-corrected chi connectivity index (χ4v) is 6.66. The molecule has 2 N–H and O–H groups in total. The van der Waals surface area contributed by atoms with Crippen molar-refractivity contribution in [3.8, 4) is 0 Å². The van der Waals surface area contributed by atoms with Gasteiger partial charge in [0, 0.05) is 34.5 Å². The Hall–Kier alpha value is -3.34. The second kappa shape index (κ2) is 13.5. The number of amides is 2. The number of hydrogen-bond donors (Lipinski definition) is 1. The monoisotopic (exact) mass is 642 g/mol. The zero-order valence-corrected chi connectivity index (χ0v) is 25.1. The molecule has 0 bridgehead atoms. The lowest BCUT2D eigenvalue weighted by Crippen LogP contribution is -2.33. The fraction of sp³-hybridized carbons (Fsp3) is 0.0714. The van der Waals surface area contributed by atoms with Gasteiger partial charge in [-0.1, -0.05) is 76.1 Å². The van der Waals surface area contributed by atoms with Crippen molar-refractivity contribution >= 4 is 93.7 Å². The molecule has 41 heavy (non-hydrogen) atoms. The molecule has 0 radical (unpaired) electrons. The van der Waals surface area contributed by atoms with Crippen molar-refractivity contribution < 1.29 is 9.59 Å². The molecule has 2 amide bonds. The van der Waals surface area contributed by atoms with Crippen LogP contribution in [-0.4, -0.2) is 24.9 Å². The topological polar surface area (TPSA) is 115 Å². The average Bonchev–Trinajstić information content (AvgIpc) is 2.97. The Morgan fingerprint density at radius 1 is 0.732 bits per heavy atom. The van der Waals surface area contributed by atoms with Crippen molar-refractivity contribution in [2.24, 2.45) is 10.8 Å². The predicted octanol–water partition coefficient (Wildman–Crippen LogP) is 8.63. The first-order valence-electron chi connectivity index (χ1n) is 11.9. The molecule has 13 heteroatoms. The number of azide groups is 1. The summed E-state index contributed by atoms with van der Waals surface area (Å²) >= 11 is 15.3. The molecule has 2 aliphatic heterocycles. The Morgan fingerprint density at radius 2 is 1.17 bits per heavy atom. The summed E-state index contributed by atoms with van der Waals surface area (Å²) in [5.74, 6) is -0.430. The Bertz CT molecular complexity index is 1680. The molecule has 2 aliphatic rings. The van der Waals surface area contributed by atoms with E-state index in [-0.39, 0.29) is 37.3 Å².